The predicted octanol–water partition coefficient (Wildman–Crippen LogP) is 6.13. The van der Waals surface area contributed by atoms with Crippen LogP contribution in [-0.2, 0) is 12.6 Å². The lowest BCUT2D eigenvalue weighted by atomic mass is 9.98. The van der Waals surface area contributed by atoms with Crippen molar-refractivity contribution in [3.05, 3.63) is 69.4 Å². The molecule has 2 aromatic carbocycles. The van der Waals surface area contributed by atoms with Crippen molar-refractivity contribution in [2.45, 2.75) is 18.0 Å². The first-order chi connectivity index (χ1) is 9.79. The van der Waals surface area contributed by atoms with E-state index in [9.17, 15) is 17.6 Å². The largest absolute Gasteiger partial charge is 0.416 e. The molecule has 1 atom stereocenters. The molecule has 0 N–H and O–H groups in total. The van der Waals surface area contributed by atoms with Crippen molar-refractivity contribution >= 4 is 27.5 Å². The molecule has 0 nitrogen and oxygen atoms in total. The molecule has 6 heteroatoms. The van der Waals surface area contributed by atoms with Gasteiger partial charge in [-0.1, -0.05) is 40.2 Å². The van der Waals surface area contributed by atoms with E-state index in [-0.39, 0.29) is 17.5 Å². The molecule has 0 heterocycles. The van der Waals surface area contributed by atoms with Crippen molar-refractivity contribution < 1.29 is 17.6 Å². The van der Waals surface area contributed by atoms with Gasteiger partial charge in [0.1, 0.15) is 5.82 Å². The molecule has 2 rings (SSSR count). The first kappa shape index (κ1) is 16.3. The first-order valence-corrected chi connectivity index (χ1v) is 7.26. The van der Waals surface area contributed by atoms with Crippen LogP contribution in [0.2, 0.25) is 0 Å². The highest BCUT2D eigenvalue weighted by atomic mass is 79.9. The van der Waals surface area contributed by atoms with E-state index in [1.54, 1.807) is 6.07 Å². The quantitative estimate of drug-likeness (QED) is 0.443. The average Bonchev–Trinajstić information content (AvgIpc) is 2.40. The molecule has 2 aromatic rings. The van der Waals surface area contributed by atoms with Gasteiger partial charge in [0.25, 0.3) is 0 Å². The smallest absolute Gasteiger partial charge is 0.207 e. The number of hydrogen-bond acceptors (Lipinski definition) is 0. The number of halogens is 6. The van der Waals surface area contributed by atoms with Gasteiger partial charge in [-0.2, -0.15) is 13.2 Å². The molecule has 21 heavy (non-hydrogen) atoms. The van der Waals surface area contributed by atoms with Crippen molar-refractivity contribution in [3.63, 3.8) is 0 Å². The minimum atomic E-state index is -4.51. The first-order valence-electron chi connectivity index (χ1n) is 6.03. The summed E-state index contributed by atoms with van der Waals surface area (Å²) in [6.45, 7) is 0. The Bertz CT molecular complexity index is 640. The van der Waals surface area contributed by atoms with Crippen LogP contribution in [0.1, 0.15) is 22.1 Å². The summed E-state index contributed by atoms with van der Waals surface area (Å²) in [6, 6.07) is 9.68. The van der Waals surface area contributed by atoms with Gasteiger partial charge < -0.3 is 0 Å². The molecule has 0 fully saturated rings. The Kier molecular flexibility index (Phi) is 4.94. The van der Waals surface area contributed by atoms with Gasteiger partial charge >= 0.3 is 6.18 Å². The Morgan fingerprint density at radius 1 is 1.10 bits per heavy atom. The van der Waals surface area contributed by atoms with Gasteiger partial charge in [0, 0.05) is 4.47 Å². The van der Waals surface area contributed by atoms with Gasteiger partial charge in [0.2, 0.25) is 0 Å². The topological polar surface area (TPSA) is 0 Å². The molecule has 0 bridgehead atoms. The van der Waals surface area contributed by atoms with Crippen LogP contribution in [0.4, 0.5) is 17.6 Å². The van der Waals surface area contributed by atoms with Gasteiger partial charge in [-0.05, 0) is 35.7 Å². The van der Waals surface area contributed by atoms with Crippen molar-refractivity contribution in [2.75, 3.05) is 0 Å². The molecular weight excluding hydrogens is 372 g/mol. The molecule has 0 aliphatic rings. The van der Waals surface area contributed by atoms with E-state index in [0.29, 0.717) is 4.47 Å². The van der Waals surface area contributed by atoms with Gasteiger partial charge in [-0.3, -0.25) is 0 Å². The van der Waals surface area contributed by atoms with E-state index in [1.165, 1.54) is 30.3 Å². The van der Waals surface area contributed by atoms with Crippen LogP contribution in [0.25, 0.3) is 0 Å². The predicted molar refractivity (Wildman–Crippen MR) is 77.8 cm³/mol. The zero-order valence-electron chi connectivity index (χ0n) is 10.6. The maximum atomic E-state index is 13.6. The van der Waals surface area contributed by atoms with E-state index in [4.69, 9.17) is 11.6 Å². The van der Waals surface area contributed by atoms with Crippen molar-refractivity contribution in [2.24, 2.45) is 0 Å². The molecular formula is C15H10BrClF4. The maximum absolute atomic E-state index is 13.6. The van der Waals surface area contributed by atoms with E-state index in [1.807, 2.05) is 0 Å². The summed E-state index contributed by atoms with van der Waals surface area (Å²) < 4.78 is 53.0. The Hall–Kier alpha value is -1.07. The van der Waals surface area contributed by atoms with Crippen LogP contribution < -0.4 is 0 Å². The summed E-state index contributed by atoms with van der Waals surface area (Å²) >= 11 is 9.11. The minimum absolute atomic E-state index is 0.0149. The molecule has 0 aliphatic heterocycles. The molecule has 0 spiro atoms. The zero-order valence-corrected chi connectivity index (χ0v) is 12.9. The number of alkyl halides is 4. The van der Waals surface area contributed by atoms with Crippen molar-refractivity contribution in [1.29, 1.82) is 0 Å². The van der Waals surface area contributed by atoms with Crippen molar-refractivity contribution in [1.82, 2.24) is 0 Å². The summed E-state index contributed by atoms with van der Waals surface area (Å²) in [7, 11) is 0. The summed E-state index contributed by atoms with van der Waals surface area (Å²) in [5, 5.41) is -0.966. The molecule has 0 radical (unpaired) electrons. The molecule has 0 saturated carbocycles. The third-order valence-electron chi connectivity index (χ3n) is 3.02. The summed E-state index contributed by atoms with van der Waals surface area (Å²) in [6.07, 6.45) is -4.53. The third-order valence-corrected chi connectivity index (χ3v) is 3.90. The van der Waals surface area contributed by atoms with Crippen LogP contribution in [0, 0.1) is 5.82 Å². The highest BCUT2D eigenvalue weighted by Crippen LogP contribution is 2.39. The van der Waals surface area contributed by atoms with E-state index < -0.39 is 22.9 Å². The maximum Gasteiger partial charge on any atom is 0.416 e. The molecule has 112 valence electrons. The molecule has 1 unspecified atom stereocenters. The van der Waals surface area contributed by atoms with Gasteiger partial charge in [-0.25, -0.2) is 4.39 Å². The highest BCUT2D eigenvalue weighted by Gasteiger charge is 2.35. The standard InChI is InChI=1S/C15H10BrClF4/c16-10-5-6-11(12(8-10)15(19,20)21)13(17)7-9-3-1-2-4-14(9)18/h1-6,8,13H,7H2. The normalized spacial score (nSPS) is 13.2. The van der Waals surface area contributed by atoms with Gasteiger partial charge in [0.15, 0.2) is 0 Å². The summed E-state index contributed by atoms with van der Waals surface area (Å²) in [5.41, 5.74) is -0.586. The van der Waals surface area contributed by atoms with E-state index in [0.717, 1.165) is 6.07 Å². The molecule has 0 amide bonds. The number of hydrogen-bond donors (Lipinski definition) is 0. The number of rotatable bonds is 3. The molecule has 0 aliphatic carbocycles. The second-order valence-corrected chi connectivity index (χ2v) is 5.93. The summed E-state index contributed by atoms with van der Waals surface area (Å²) in [5.74, 6) is -0.478. The van der Waals surface area contributed by atoms with Crippen molar-refractivity contribution in [3.8, 4) is 0 Å². The third kappa shape index (κ3) is 3.98. The van der Waals surface area contributed by atoms with Crippen LogP contribution in [0.5, 0.6) is 0 Å². The van der Waals surface area contributed by atoms with Crippen LogP contribution in [0.3, 0.4) is 0 Å². The lowest BCUT2D eigenvalue weighted by Gasteiger charge is -2.17. The Labute approximate surface area is 132 Å². The Balaban J connectivity index is 2.36. The fourth-order valence-corrected chi connectivity index (χ4v) is 2.73. The SMILES string of the molecule is Fc1ccccc1CC(Cl)c1ccc(Br)cc1C(F)(F)F. The van der Waals surface area contributed by atoms with Crippen LogP contribution in [-0.4, -0.2) is 0 Å². The van der Waals surface area contributed by atoms with Crippen LogP contribution >= 0.6 is 27.5 Å². The zero-order chi connectivity index (χ0) is 15.6. The second kappa shape index (κ2) is 6.36. The minimum Gasteiger partial charge on any atom is -0.207 e. The monoisotopic (exact) mass is 380 g/mol. The molecule has 0 aromatic heterocycles. The lowest BCUT2D eigenvalue weighted by molar-refractivity contribution is -0.138. The fourth-order valence-electron chi connectivity index (χ4n) is 2.01. The summed E-state index contributed by atoms with van der Waals surface area (Å²) in [4.78, 5) is 0. The van der Waals surface area contributed by atoms with E-state index >= 15 is 0 Å². The second-order valence-electron chi connectivity index (χ2n) is 4.49. The lowest BCUT2D eigenvalue weighted by Crippen LogP contribution is -2.11. The molecule has 0 saturated heterocycles. The van der Waals surface area contributed by atoms with Crippen LogP contribution in [0.15, 0.2) is 46.9 Å². The Morgan fingerprint density at radius 3 is 2.38 bits per heavy atom. The number of benzene rings is 2. The van der Waals surface area contributed by atoms with E-state index in [2.05, 4.69) is 15.9 Å². The Morgan fingerprint density at radius 2 is 1.76 bits per heavy atom. The average molecular weight is 382 g/mol. The van der Waals surface area contributed by atoms with Gasteiger partial charge in [-0.15, -0.1) is 11.6 Å². The van der Waals surface area contributed by atoms with Gasteiger partial charge in [0.05, 0.1) is 10.9 Å². The highest BCUT2D eigenvalue weighted by molar-refractivity contribution is 9.10. The fraction of sp³-hybridized carbons (Fsp3) is 0.200.